The van der Waals surface area contributed by atoms with E-state index in [1.54, 1.807) is 0 Å². The Hall–Kier alpha value is -7.17. The molecular weight excluding hydrogens is 768 g/mol. The maximum absolute atomic E-state index is 7.44. The lowest BCUT2D eigenvalue weighted by Crippen LogP contribution is -2.48. The Balaban J connectivity index is 1.15. The highest BCUT2D eigenvalue weighted by atomic mass is 16.3. The van der Waals surface area contributed by atoms with Crippen LogP contribution in [0.25, 0.3) is 110 Å². The SMILES string of the molecule is [B]c1c([B])c([B])c2c(c1[B])c1c([B])c(-c3ccc4c(c3)c3ccc(-c5ccccc5)cc3n4-c3cccc(-c4ccccc4)c3)c([B])c([B])c1n2-c1cccc2oc3ccccc3c12. The van der Waals surface area contributed by atoms with Crippen LogP contribution in [0.3, 0.4) is 0 Å². The van der Waals surface area contributed by atoms with Gasteiger partial charge in [-0.15, -0.1) is 10.9 Å². The maximum Gasteiger partial charge on any atom is 0.137 e. The molecule has 10 heteroatoms. The zero-order valence-corrected chi connectivity index (χ0v) is 34.4. The Morgan fingerprint density at radius 1 is 0.328 bits per heavy atom. The van der Waals surface area contributed by atoms with E-state index >= 15 is 0 Å². The monoisotopic (exact) mass is 796 g/mol. The van der Waals surface area contributed by atoms with E-state index in [2.05, 4.69) is 108 Å². The van der Waals surface area contributed by atoms with Gasteiger partial charge in [-0.25, -0.2) is 0 Å². The van der Waals surface area contributed by atoms with E-state index in [0.717, 1.165) is 77.4 Å². The number of fused-ring (bicyclic) bond motifs is 9. The van der Waals surface area contributed by atoms with Crippen LogP contribution in [0.1, 0.15) is 0 Å². The summed E-state index contributed by atoms with van der Waals surface area (Å²) >= 11 is 0. The second-order valence-electron chi connectivity index (χ2n) is 16.4. The van der Waals surface area contributed by atoms with E-state index in [9.17, 15) is 0 Å². The molecule has 0 aliphatic carbocycles. The fourth-order valence-electron chi connectivity index (χ4n) is 9.91. The summed E-state index contributed by atoms with van der Waals surface area (Å²) in [7, 11) is 49.0. The van der Waals surface area contributed by atoms with Gasteiger partial charge in [-0.3, -0.25) is 0 Å². The van der Waals surface area contributed by atoms with Crippen LogP contribution < -0.4 is 38.2 Å². The lowest BCUT2D eigenvalue weighted by atomic mass is 9.64. The molecule has 9 aromatic carbocycles. The molecule has 0 aliphatic rings. The number of hydrogen-bond donors (Lipinski definition) is 0. The summed E-state index contributed by atoms with van der Waals surface area (Å²) in [6.07, 6.45) is 0. The van der Waals surface area contributed by atoms with Crippen LogP contribution in [0, 0.1) is 0 Å². The van der Waals surface area contributed by atoms with E-state index in [1.807, 2.05) is 65.2 Å². The predicted molar refractivity (Wildman–Crippen MR) is 276 cm³/mol. The van der Waals surface area contributed by atoms with Crippen LogP contribution in [0.5, 0.6) is 0 Å². The molecule has 3 nitrogen and oxygen atoms in total. The van der Waals surface area contributed by atoms with E-state index < -0.39 is 0 Å². The van der Waals surface area contributed by atoms with Gasteiger partial charge in [-0.05, 0) is 87.3 Å². The minimum absolute atomic E-state index is 0.160. The van der Waals surface area contributed by atoms with Crippen LogP contribution in [0.4, 0.5) is 0 Å². The lowest BCUT2D eigenvalue weighted by Gasteiger charge is -2.19. The fourth-order valence-corrected chi connectivity index (χ4v) is 9.91. The predicted octanol–water partition coefficient (Wildman–Crippen LogP) is 6.34. The highest BCUT2D eigenvalue weighted by Gasteiger charge is 2.26. The second-order valence-corrected chi connectivity index (χ2v) is 16.4. The number of nitrogens with zero attached hydrogens (tertiary/aromatic N) is 2. The molecule has 14 radical (unpaired) electrons. The topological polar surface area (TPSA) is 23.0 Å². The molecule has 0 unspecified atom stereocenters. The summed E-state index contributed by atoms with van der Waals surface area (Å²) in [5.74, 6) is 0. The molecule has 0 amide bonds. The van der Waals surface area contributed by atoms with E-state index in [4.69, 9.17) is 59.3 Å². The van der Waals surface area contributed by atoms with Crippen LogP contribution in [0.2, 0.25) is 0 Å². The third-order valence-corrected chi connectivity index (χ3v) is 12.9. The Kier molecular flexibility index (Phi) is 8.69. The first kappa shape index (κ1) is 38.5. The fraction of sp³-hybridized carbons (Fsp3) is 0. The molecule has 12 aromatic rings. The molecule has 3 heterocycles. The molecule has 0 saturated heterocycles. The number of benzene rings is 9. The van der Waals surface area contributed by atoms with Crippen molar-refractivity contribution < 1.29 is 4.42 Å². The van der Waals surface area contributed by atoms with E-state index in [-0.39, 0.29) is 21.9 Å². The average Bonchev–Trinajstić information content (AvgIpc) is 4.01. The summed E-state index contributed by atoms with van der Waals surface area (Å²) in [6, 6.07) is 56.1. The van der Waals surface area contributed by atoms with Crippen molar-refractivity contribution >= 4 is 159 Å². The largest absolute Gasteiger partial charge is 0.456 e. The summed E-state index contributed by atoms with van der Waals surface area (Å²) in [6.45, 7) is 0. The Morgan fingerprint density at radius 3 is 1.67 bits per heavy atom. The van der Waals surface area contributed by atoms with Crippen LogP contribution in [-0.2, 0) is 0 Å². The quantitative estimate of drug-likeness (QED) is 0.187. The first-order chi connectivity index (χ1) is 31.2. The molecule has 12 rings (SSSR count). The van der Waals surface area contributed by atoms with Crippen molar-refractivity contribution in [2.75, 3.05) is 0 Å². The molecule has 0 atom stereocenters. The van der Waals surface area contributed by atoms with Crippen LogP contribution in [0.15, 0.2) is 168 Å². The van der Waals surface area contributed by atoms with Crippen molar-refractivity contribution in [3.8, 4) is 44.8 Å². The minimum atomic E-state index is 0.160. The highest BCUT2D eigenvalue weighted by Crippen LogP contribution is 2.40. The van der Waals surface area contributed by atoms with Gasteiger partial charge < -0.3 is 13.6 Å². The average molecular weight is 796 g/mol. The summed E-state index contributed by atoms with van der Waals surface area (Å²) in [4.78, 5) is 0. The summed E-state index contributed by atoms with van der Waals surface area (Å²) in [5, 5.41) is 4.91. The molecule has 0 N–H and O–H groups in total. The Labute approximate surface area is 379 Å². The van der Waals surface area contributed by atoms with Gasteiger partial charge in [0.25, 0.3) is 0 Å². The van der Waals surface area contributed by atoms with Crippen LogP contribution in [-0.4, -0.2) is 64.1 Å². The zero-order chi connectivity index (χ0) is 43.5. The van der Waals surface area contributed by atoms with Gasteiger partial charge >= 0.3 is 0 Å². The summed E-state index contributed by atoms with van der Waals surface area (Å²) in [5.41, 5.74) is 13.9. The van der Waals surface area contributed by atoms with Gasteiger partial charge in [0.2, 0.25) is 0 Å². The Morgan fingerprint density at radius 2 is 0.922 bits per heavy atom. The number of hydrogen-bond acceptors (Lipinski definition) is 1. The molecule has 64 heavy (non-hydrogen) atoms. The molecule has 280 valence electrons. The Bertz CT molecular complexity index is 3930. The van der Waals surface area contributed by atoms with E-state index in [1.165, 1.54) is 0 Å². The molecule has 3 aromatic heterocycles. The molecule has 0 aliphatic heterocycles. The van der Waals surface area contributed by atoms with Crippen molar-refractivity contribution in [2.24, 2.45) is 0 Å². The number of aromatic nitrogens is 2. The van der Waals surface area contributed by atoms with Gasteiger partial charge in [0.1, 0.15) is 66.1 Å². The molecule has 0 spiro atoms. The summed E-state index contributed by atoms with van der Waals surface area (Å²) < 4.78 is 10.6. The molecular formula is C54H27B7N2O. The van der Waals surface area contributed by atoms with Gasteiger partial charge in [-0.2, -0.15) is 0 Å². The number of para-hydroxylation sites is 1. The second kappa shape index (κ2) is 14.4. The van der Waals surface area contributed by atoms with Crippen molar-refractivity contribution in [3.63, 3.8) is 0 Å². The standard InChI is InChI=1S/C54H27B7N2O/c55-46-42(47(56)51(60)53-44(46)45-48(57)49(58)50(59)52(61)54(45)63(53)38-18-10-20-41-43(38)35-17-7-8-19-40(35)64-41)32-22-24-37-36(26-32)34-23-21-31(29-13-5-2-6-14-29)27-39(34)62(37)33-16-9-15-30(25-33)28-11-3-1-4-12-28/h1-27H. The van der Waals surface area contributed by atoms with Crippen LogP contribution >= 0.6 is 0 Å². The minimum Gasteiger partial charge on any atom is -0.456 e. The first-order valence-corrected chi connectivity index (χ1v) is 21.0. The van der Waals surface area contributed by atoms with Crippen molar-refractivity contribution in [1.82, 2.24) is 9.13 Å². The number of furan rings is 1. The molecule has 0 bridgehead atoms. The third kappa shape index (κ3) is 5.51. The van der Waals surface area contributed by atoms with Gasteiger partial charge in [0, 0.05) is 38.3 Å². The lowest BCUT2D eigenvalue weighted by molar-refractivity contribution is 0.669. The first-order valence-electron chi connectivity index (χ1n) is 21.0. The van der Waals surface area contributed by atoms with Gasteiger partial charge in [0.15, 0.2) is 0 Å². The van der Waals surface area contributed by atoms with Gasteiger partial charge in [0.05, 0.1) is 22.1 Å². The van der Waals surface area contributed by atoms with E-state index in [0.29, 0.717) is 49.3 Å². The normalized spacial score (nSPS) is 11.9. The third-order valence-electron chi connectivity index (χ3n) is 12.9. The zero-order valence-electron chi connectivity index (χ0n) is 34.4. The van der Waals surface area contributed by atoms with Gasteiger partial charge in [-0.1, -0.05) is 143 Å². The highest BCUT2D eigenvalue weighted by molar-refractivity contribution is 6.69. The van der Waals surface area contributed by atoms with Crippen molar-refractivity contribution in [3.05, 3.63) is 164 Å². The number of rotatable bonds is 5. The molecule has 0 saturated carbocycles. The van der Waals surface area contributed by atoms with Crippen molar-refractivity contribution in [2.45, 2.75) is 0 Å². The molecule has 0 fully saturated rings. The maximum atomic E-state index is 7.44. The smallest absolute Gasteiger partial charge is 0.137 e. The van der Waals surface area contributed by atoms with Crippen molar-refractivity contribution in [1.29, 1.82) is 0 Å².